The number of pyridine rings is 2. The van der Waals surface area contributed by atoms with Crippen LogP contribution in [-0.4, -0.2) is 51.8 Å². The summed E-state index contributed by atoms with van der Waals surface area (Å²) in [7, 11) is -1.00. The van der Waals surface area contributed by atoms with Crippen molar-refractivity contribution in [3.63, 3.8) is 0 Å². The van der Waals surface area contributed by atoms with Crippen molar-refractivity contribution in [2.45, 2.75) is 110 Å². The Morgan fingerprint density at radius 2 is 1.01 bits per heavy atom. The van der Waals surface area contributed by atoms with Crippen LogP contribution in [0.2, 0.25) is 0 Å². The van der Waals surface area contributed by atoms with Gasteiger partial charge in [0.05, 0.1) is 43.6 Å². The number of H-pyrrole nitrogens is 1. The van der Waals surface area contributed by atoms with E-state index in [0.717, 1.165) is 44.5 Å². The molecule has 1 N–H and O–H groups in total. The van der Waals surface area contributed by atoms with E-state index in [1.165, 1.54) is 6.07 Å². The second-order valence-electron chi connectivity index (χ2n) is 20.5. The minimum absolute atomic E-state index is 0.0164. The van der Waals surface area contributed by atoms with Crippen molar-refractivity contribution in [2.24, 2.45) is 10.8 Å². The maximum Gasteiger partial charge on any atom is 0.411 e. The average molecular weight is 988 g/mol. The van der Waals surface area contributed by atoms with E-state index in [4.69, 9.17) is 10.8 Å². The van der Waals surface area contributed by atoms with Gasteiger partial charge in [0.2, 0.25) is 5.56 Å². The second kappa shape index (κ2) is 23.2. The second-order valence-corrected chi connectivity index (χ2v) is 20.5. The minimum atomic E-state index is -1.00. The molecule has 2 saturated heterocycles. The molecule has 2 aromatic heterocycles. The van der Waals surface area contributed by atoms with Crippen LogP contribution in [-0.2, 0) is 20.7 Å². The number of carbonyl (C=O) groups excluding carboxylic acids is 2. The summed E-state index contributed by atoms with van der Waals surface area (Å²) in [6.07, 6.45) is 4.91. The van der Waals surface area contributed by atoms with Crippen LogP contribution in [0.5, 0.6) is 0 Å². The first-order valence-corrected chi connectivity index (χ1v) is 24.6. The molecule has 0 radical (unpaired) electrons. The summed E-state index contributed by atoms with van der Waals surface area (Å²) in [6, 6.07) is 46.7. The third-order valence-corrected chi connectivity index (χ3v) is 13.9. The number of rotatable bonds is 13. The zero-order valence-corrected chi connectivity index (χ0v) is 43.1. The molecule has 0 aliphatic carbocycles. The van der Waals surface area contributed by atoms with Gasteiger partial charge in [-0.1, -0.05) is 109 Å². The lowest BCUT2D eigenvalue weighted by Crippen LogP contribution is -2.50. The molecule has 0 saturated carbocycles. The van der Waals surface area contributed by atoms with Crippen molar-refractivity contribution in [3.05, 3.63) is 189 Å². The number of nitriles is 2. The average Bonchev–Trinajstić information content (AvgIpc) is 3.39. The number of hydrogen-bond acceptors (Lipinski definition) is 8. The normalized spacial score (nSPS) is 18.8. The maximum atomic E-state index is 13.4. The van der Waals surface area contributed by atoms with Crippen LogP contribution in [0.4, 0.5) is 14.0 Å². The minimum Gasteiger partial charge on any atom is -0.438 e. The molecule has 4 atom stereocenters. The first kappa shape index (κ1) is 53.0. The summed E-state index contributed by atoms with van der Waals surface area (Å²) >= 11 is 0. The van der Waals surface area contributed by atoms with E-state index in [1.807, 2.05) is 177 Å². The third-order valence-electron chi connectivity index (χ3n) is 13.9. The summed E-state index contributed by atoms with van der Waals surface area (Å²) in [5.74, 6) is 0. The van der Waals surface area contributed by atoms with Crippen molar-refractivity contribution in [2.75, 3.05) is 20.2 Å². The highest BCUT2D eigenvalue weighted by Gasteiger charge is 2.48. The summed E-state index contributed by atoms with van der Waals surface area (Å²) in [5, 5.41) is 19.3. The fraction of sp³-hybridized carbons (Fsp3) is 0.367. The van der Waals surface area contributed by atoms with Gasteiger partial charge in [0.25, 0.3) is 5.56 Å². The molecule has 2 aliphatic rings. The highest BCUT2D eigenvalue weighted by Crippen LogP contribution is 2.46. The van der Waals surface area contributed by atoms with Crippen LogP contribution < -0.4 is 11.1 Å². The number of ether oxygens (including phenoxy) is 2. The standard InChI is InChI=1S/C31H35N3O3.C28H29N3O3.CH3F/c1-22(2)34-19-26(15-16-28(34)35)25-13-11-24(12-14-25)23(3)33-18-17-31(37-29(33)36,20-30(4,5)21-32)27-9-7-6-8-10-27;1-20(21-9-11-22(12-10-21)23-13-14-25(32)30-17-23)31-16-15-28(34-26(31)33,18-27(2,3)19-29)24-7-5-4-6-8-24;1-2/h6-16,19,22-23H,17-18,20H2,1-5H3;4-14,17,20H,15-16,18H2,1-3H3,(H,30,32);1H3/t23-,31-;20-,28-;/m00./s1/i;;1D. The molecule has 0 unspecified atom stereocenters. The van der Waals surface area contributed by atoms with Gasteiger partial charge in [0.15, 0.2) is 0 Å². The van der Waals surface area contributed by atoms with E-state index < -0.39 is 29.2 Å². The summed E-state index contributed by atoms with van der Waals surface area (Å²) < 4.78 is 29.6. The summed E-state index contributed by atoms with van der Waals surface area (Å²) in [5.41, 5.74) is 4.62. The molecule has 0 spiro atoms. The number of nitrogens with one attached hydrogen (secondary N) is 1. The van der Waals surface area contributed by atoms with Gasteiger partial charge < -0.3 is 28.8 Å². The monoisotopic (exact) mass is 988 g/mol. The van der Waals surface area contributed by atoms with Crippen LogP contribution in [0.3, 0.4) is 0 Å². The predicted molar refractivity (Wildman–Crippen MR) is 283 cm³/mol. The lowest BCUT2D eigenvalue weighted by Gasteiger charge is -2.45. The van der Waals surface area contributed by atoms with E-state index in [2.05, 4.69) is 17.1 Å². The Morgan fingerprint density at radius 1 is 0.616 bits per heavy atom. The zero-order valence-electron chi connectivity index (χ0n) is 44.1. The van der Waals surface area contributed by atoms with Gasteiger partial charge in [0.1, 0.15) is 11.2 Å². The van der Waals surface area contributed by atoms with Crippen molar-refractivity contribution in [3.8, 4) is 34.4 Å². The third kappa shape index (κ3) is 12.8. The molecule has 380 valence electrons. The lowest BCUT2D eigenvalue weighted by atomic mass is 9.75. The largest absolute Gasteiger partial charge is 0.438 e. The van der Waals surface area contributed by atoms with Crippen LogP contribution in [0.15, 0.2) is 155 Å². The number of nitrogens with zero attached hydrogens (tertiary/aromatic N) is 5. The number of benzene rings is 4. The smallest absolute Gasteiger partial charge is 0.411 e. The van der Waals surface area contributed by atoms with Crippen molar-refractivity contribution < 1.29 is 24.8 Å². The van der Waals surface area contributed by atoms with Crippen molar-refractivity contribution >= 4 is 12.2 Å². The molecule has 6 aromatic rings. The highest BCUT2D eigenvalue weighted by atomic mass is 19.1. The molecule has 8 rings (SSSR count). The first-order valence-electron chi connectivity index (χ1n) is 25.3. The van der Waals surface area contributed by atoms with Gasteiger partial charge >= 0.3 is 12.2 Å². The van der Waals surface area contributed by atoms with Gasteiger partial charge in [0, 0.05) is 69.3 Å². The molecule has 2 amide bonds. The van der Waals surface area contributed by atoms with E-state index >= 15 is 0 Å². The van der Waals surface area contributed by atoms with Gasteiger partial charge in [-0.3, -0.25) is 14.0 Å². The van der Waals surface area contributed by atoms with Crippen LogP contribution in [0.25, 0.3) is 22.3 Å². The Bertz CT molecular complexity index is 3040. The summed E-state index contributed by atoms with van der Waals surface area (Å²) in [6.45, 7) is 16.5. The Hall–Kier alpha value is -7.77. The molecule has 2 fully saturated rings. The number of halogens is 1. The van der Waals surface area contributed by atoms with Gasteiger partial charge in [-0.05, 0) is 112 Å². The van der Waals surface area contributed by atoms with E-state index in [0.29, 0.717) is 38.8 Å². The van der Waals surface area contributed by atoms with Crippen molar-refractivity contribution in [1.29, 1.82) is 10.5 Å². The van der Waals surface area contributed by atoms with Crippen LogP contribution >= 0.6 is 0 Å². The molecular weight excluding hydrogens is 920 g/mol. The lowest BCUT2D eigenvalue weighted by molar-refractivity contribution is -0.0777. The number of carbonyl (C=O) groups is 2. The van der Waals surface area contributed by atoms with Gasteiger partial charge in [-0.15, -0.1) is 0 Å². The SMILES string of the molecule is CC(C)n1cc(-c2ccc([C@H](C)N3CC[C@](CC(C)(C)C#N)(c4ccccc4)OC3=O)cc2)ccc1=O.C[C@@H](c1ccc(-c2ccc(=O)[nH]c2)cc1)N1CC[C@](CC(C)(C)C#N)(c2ccccc2)OC1=O.[2H]CF. The van der Waals surface area contributed by atoms with Crippen molar-refractivity contribution in [1.82, 2.24) is 19.4 Å². The Kier molecular flexibility index (Phi) is 16.8. The topological polar surface area (TPSA) is 162 Å². The van der Waals surface area contributed by atoms with Gasteiger partial charge in [-0.25, -0.2) is 9.59 Å². The predicted octanol–water partition coefficient (Wildman–Crippen LogP) is 13.2. The number of aromatic nitrogens is 2. The Morgan fingerprint density at radius 3 is 1.38 bits per heavy atom. The van der Waals surface area contributed by atoms with E-state index in [1.54, 1.807) is 32.7 Å². The van der Waals surface area contributed by atoms with E-state index in [-0.39, 0.29) is 41.4 Å². The maximum absolute atomic E-state index is 13.4. The fourth-order valence-electron chi connectivity index (χ4n) is 9.83. The van der Waals surface area contributed by atoms with Crippen LogP contribution in [0, 0.1) is 33.5 Å². The number of cyclic esters (lactones) is 2. The number of alkyl halides is 1. The molecule has 2 aliphatic heterocycles. The molecule has 73 heavy (non-hydrogen) atoms. The number of hydrogen-bond donors (Lipinski definition) is 1. The molecular formula is C60H67FN6O6. The number of aromatic amines is 1. The van der Waals surface area contributed by atoms with Crippen LogP contribution in [0.1, 0.15) is 123 Å². The molecule has 4 heterocycles. The van der Waals surface area contributed by atoms with E-state index in [9.17, 15) is 34.1 Å². The quantitative estimate of drug-likeness (QED) is 0.120. The first-order chi connectivity index (χ1) is 35.2. The number of amides is 2. The highest BCUT2D eigenvalue weighted by molar-refractivity contribution is 5.71. The summed E-state index contributed by atoms with van der Waals surface area (Å²) in [4.78, 5) is 56.3. The molecule has 4 aromatic carbocycles. The van der Waals surface area contributed by atoms with Gasteiger partial charge in [-0.2, -0.15) is 10.5 Å². The molecule has 0 bridgehead atoms. The fourth-order valence-corrected chi connectivity index (χ4v) is 9.83. The Balaban J connectivity index is 0.000000230. The molecule has 13 heteroatoms. The Labute approximate surface area is 430 Å². The molecule has 12 nitrogen and oxygen atoms in total. The zero-order chi connectivity index (χ0) is 53.8.